The molecule has 1 N–H and O–H groups in total. The van der Waals surface area contributed by atoms with Crippen molar-refractivity contribution in [1.29, 1.82) is 0 Å². The maximum atomic E-state index is 13.0. The lowest BCUT2D eigenvalue weighted by Gasteiger charge is -2.36. The predicted octanol–water partition coefficient (Wildman–Crippen LogP) is 1.96. The summed E-state index contributed by atoms with van der Waals surface area (Å²) in [5, 5.41) is 1.38. The Labute approximate surface area is 188 Å². The predicted molar refractivity (Wildman–Crippen MR) is 121 cm³/mol. The van der Waals surface area contributed by atoms with Crippen LogP contribution in [0.4, 0.5) is 5.69 Å². The summed E-state index contributed by atoms with van der Waals surface area (Å²) in [4.78, 5) is 27.3. The third-order valence-corrected chi connectivity index (χ3v) is 7.58. The van der Waals surface area contributed by atoms with Crippen LogP contribution in [0.15, 0.2) is 65.2 Å². The van der Waals surface area contributed by atoms with Gasteiger partial charge in [0, 0.05) is 32.6 Å². The van der Waals surface area contributed by atoms with Gasteiger partial charge in [-0.1, -0.05) is 35.4 Å². The van der Waals surface area contributed by atoms with Crippen molar-refractivity contribution in [3.05, 3.63) is 71.4 Å². The van der Waals surface area contributed by atoms with Gasteiger partial charge in [0.25, 0.3) is 5.91 Å². The number of carbonyl (C=O) groups is 2. The Morgan fingerprint density at radius 1 is 0.875 bits per heavy atom. The zero-order valence-corrected chi connectivity index (χ0v) is 18.9. The van der Waals surface area contributed by atoms with Crippen LogP contribution in [0.1, 0.15) is 17.5 Å². The normalized spacial score (nSPS) is 17.7. The fourth-order valence-corrected chi connectivity index (χ4v) is 5.13. The molecule has 1 saturated heterocycles. The number of amides is 2. The van der Waals surface area contributed by atoms with Gasteiger partial charge in [0.1, 0.15) is 5.70 Å². The Balaban J connectivity index is 1.41. The van der Waals surface area contributed by atoms with Gasteiger partial charge in [-0.25, -0.2) is 13.4 Å². The Hall–Kier alpha value is -3.17. The van der Waals surface area contributed by atoms with E-state index >= 15 is 0 Å². The van der Waals surface area contributed by atoms with Crippen LogP contribution in [-0.4, -0.2) is 55.6 Å². The molecule has 0 bridgehead atoms. The molecule has 0 atom stereocenters. The molecule has 168 valence electrons. The number of anilines is 1. The van der Waals surface area contributed by atoms with E-state index in [0.29, 0.717) is 11.4 Å². The Bertz CT molecular complexity index is 1150. The van der Waals surface area contributed by atoms with E-state index in [4.69, 9.17) is 0 Å². The molecule has 0 spiro atoms. The average Bonchev–Trinajstić information content (AvgIpc) is 2.80. The third-order valence-electron chi connectivity index (χ3n) is 5.67. The van der Waals surface area contributed by atoms with Gasteiger partial charge < -0.3 is 4.90 Å². The van der Waals surface area contributed by atoms with Crippen LogP contribution in [-0.2, 0) is 19.6 Å². The number of hydrogen-bond donors (Lipinski definition) is 1. The van der Waals surface area contributed by atoms with Crippen molar-refractivity contribution in [2.45, 2.75) is 25.2 Å². The topological polar surface area (TPSA) is 90.0 Å². The molecular weight excluding hydrogens is 428 g/mol. The monoisotopic (exact) mass is 454 g/mol. The molecule has 0 saturated carbocycles. The molecule has 4 rings (SSSR count). The summed E-state index contributed by atoms with van der Waals surface area (Å²) in [5.74, 6) is -0.401. The van der Waals surface area contributed by atoms with Crippen molar-refractivity contribution in [2.24, 2.45) is 0 Å². The van der Waals surface area contributed by atoms with Gasteiger partial charge in [-0.2, -0.15) is 4.31 Å². The fraction of sp³-hybridized carbons (Fsp3) is 0.304. The maximum absolute atomic E-state index is 13.0. The minimum Gasteiger partial charge on any atom is -0.335 e. The first-order chi connectivity index (χ1) is 15.3. The highest BCUT2D eigenvalue weighted by atomic mass is 32.2. The van der Waals surface area contributed by atoms with Gasteiger partial charge in [-0.05, 0) is 44.2 Å². The van der Waals surface area contributed by atoms with Crippen molar-refractivity contribution in [3.63, 3.8) is 0 Å². The van der Waals surface area contributed by atoms with Crippen molar-refractivity contribution < 1.29 is 18.0 Å². The number of rotatable bonds is 4. The second kappa shape index (κ2) is 8.76. The molecule has 0 aliphatic carbocycles. The summed E-state index contributed by atoms with van der Waals surface area (Å²) < 4.78 is 27.2. The van der Waals surface area contributed by atoms with E-state index in [-0.39, 0.29) is 49.3 Å². The second-order valence-corrected chi connectivity index (χ2v) is 9.95. The van der Waals surface area contributed by atoms with E-state index < -0.39 is 10.0 Å². The number of hydrazine groups is 1. The standard InChI is InChI=1S/C23H26N4O4S/c1-17-3-7-19(8-4-17)27-22(28)12-11-21(24-27)23(29)25-13-15-26(16-14-25)32(30,31)20-9-5-18(2)6-10-20/h3-11,24H,12-16H2,1-2H3. The Morgan fingerprint density at radius 2 is 1.44 bits per heavy atom. The van der Waals surface area contributed by atoms with Gasteiger partial charge in [0.05, 0.1) is 10.6 Å². The molecule has 0 unspecified atom stereocenters. The van der Waals surface area contributed by atoms with Crippen LogP contribution in [0.2, 0.25) is 0 Å². The minimum absolute atomic E-state index is 0.115. The zero-order valence-electron chi connectivity index (χ0n) is 18.1. The summed E-state index contributed by atoms with van der Waals surface area (Å²) in [5.41, 5.74) is 5.97. The molecular formula is C23H26N4O4S. The number of sulfonamides is 1. The summed E-state index contributed by atoms with van der Waals surface area (Å²) in [7, 11) is -3.60. The Kier molecular flexibility index (Phi) is 6.03. The van der Waals surface area contributed by atoms with E-state index in [9.17, 15) is 18.0 Å². The van der Waals surface area contributed by atoms with Crippen LogP contribution in [0.3, 0.4) is 0 Å². The van der Waals surface area contributed by atoms with Gasteiger partial charge in [0.2, 0.25) is 15.9 Å². The summed E-state index contributed by atoms with van der Waals surface area (Å²) >= 11 is 0. The van der Waals surface area contributed by atoms with Gasteiger partial charge >= 0.3 is 0 Å². The SMILES string of the molecule is Cc1ccc(N2NC(C(=O)N3CCN(S(=O)(=O)c4ccc(C)cc4)CC3)=CCC2=O)cc1. The first kappa shape index (κ1) is 22.0. The fourth-order valence-electron chi connectivity index (χ4n) is 3.71. The number of aryl methyl sites for hydroxylation is 2. The molecule has 2 aromatic rings. The zero-order chi connectivity index (χ0) is 22.9. The summed E-state index contributed by atoms with van der Waals surface area (Å²) in [6.07, 6.45) is 1.70. The van der Waals surface area contributed by atoms with E-state index in [1.54, 1.807) is 35.2 Å². The van der Waals surface area contributed by atoms with E-state index in [0.717, 1.165) is 11.1 Å². The molecule has 8 nitrogen and oxygen atoms in total. The highest BCUT2D eigenvalue weighted by Gasteiger charge is 2.32. The molecule has 1 fully saturated rings. The van der Waals surface area contributed by atoms with Crippen LogP contribution >= 0.6 is 0 Å². The largest absolute Gasteiger partial charge is 0.335 e. The number of benzene rings is 2. The van der Waals surface area contributed by atoms with Crippen molar-refractivity contribution in [2.75, 3.05) is 31.2 Å². The molecule has 9 heteroatoms. The van der Waals surface area contributed by atoms with Crippen LogP contribution in [0.5, 0.6) is 0 Å². The number of carbonyl (C=O) groups excluding carboxylic acids is 2. The smallest absolute Gasteiger partial charge is 0.271 e. The summed E-state index contributed by atoms with van der Waals surface area (Å²) in [6.45, 7) is 4.86. The summed E-state index contributed by atoms with van der Waals surface area (Å²) in [6, 6.07) is 14.2. The van der Waals surface area contributed by atoms with Crippen molar-refractivity contribution in [3.8, 4) is 0 Å². The minimum atomic E-state index is -3.60. The first-order valence-electron chi connectivity index (χ1n) is 10.5. The van der Waals surface area contributed by atoms with Gasteiger partial charge in [-0.3, -0.25) is 15.0 Å². The maximum Gasteiger partial charge on any atom is 0.271 e. The number of nitrogens with one attached hydrogen (secondary N) is 1. The van der Waals surface area contributed by atoms with E-state index in [2.05, 4.69) is 5.43 Å². The first-order valence-corrected chi connectivity index (χ1v) is 11.9. The average molecular weight is 455 g/mol. The molecule has 2 aliphatic rings. The molecule has 2 heterocycles. The molecule has 0 radical (unpaired) electrons. The van der Waals surface area contributed by atoms with Gasteiger partial charge in [-0.15, -0.1) is 0 Å². The lowest BCUT2D eigenvalue weighted by Crippen LogP contribution is -2.54. The second-order valence-electron chi connectivity index (χ2n) is 8.01. The molecule has 2 amide bonds. The molecule has 2 aliphatic heterocycles. The lowest BCUT2D eigenvalue weighted by molar-refractivity contribution is -0.129. The molecule has 0 aromatic heterocycles. The highest BCUT2D eigenvalue weighted by molar-refractivity contribution is 7.89. The lowest BCUT2D eigenvalue weighted by atomic mass is 10.2. The number of nitrogens with zero attached hydrogens (tertiary/aromatic N) is 3. The van der Waals surface area contributed by atoms with Gasteiger partial charge in [0.15, 0.2) is 0 Å². The van der Waals surface area contributed by atoms with Crippen molar-refractivity contribution in [1.82, 2.24) is 14.6 Å². The quantitative estimate of drug-likeness (QED) is 0.763. The van der Waals surface area contributed by atoms with Crippen LogP contribution in [0.25, 0.3) is 0 Å². The van der Waals surface area contributed by atoms with Crippen LogP contribution in [0, 0.1) is 13.8 Å². The number of hydrogen-bond acceptors (Lipinski definition) is 5. The molecule has 2 aromatic carbocycles. The Morgan fingerprint density at radius 3 is 2.03 bits per heavy atom. The number of piperazine rings is 1. The molecule has 32 heavy (non-hydrogen) atoms. The third kappa shape index (κ3) is 4.39. The van der Waals surface area contributed by atoms with E-state index in [1.165, 1.54) is 9.31 Å². The van der Waals surface area contributed by atoms with Crippen LogP contribution < -0.4 is 10.4 Å². The van der Waals surface area contributed by atoms with Crippen molar-refractivity contribution >= 4 is 27.5 Å². The highest BCUT2D eigenvalue weighted by Crippen LogP contribution is 2.21. The van der Waals surface area contributed by atoms with E-state index in [1.807, 2.05) is 38.1 Å².